The molecule has 0 aliphatic carbocycles. The minimum absolute atomic E-state index is 0.000734. The van der Waals surface area contributed by atoms with Gasteiger partial charge < -0.3 is 9.64 Å². The summed E-state index contributed by atoms with van der Waals surface area (Å²) in [5.41, 5.74) is 3.86. The zero-order chi connectivity index (χ0) is 21.1. The first kappa shape index (κ1) is 20.0. The van der Waals surface area contributed by atoms with Crippen molar-refractivity contribution in [1.82, 2.24) is 4.90 Å². The molecule has 4 nitrogen and oxygen atoms in total. The number of ether oxygens (including phenoxy) is 1. The first-order valence-corrected chi connectivity index (χ1v) is 10.2. The van der Waals surface area contributed by atoms with Crippen LogP contribution in [0.2, 0.25) is 5.02 Å². The van der Waals surface area contributed by atoms with Crippen LogP contribution < -0.4 is 4.74 Å². The molecule has 3 aromatic carbocycles. The van der Waals surface area contributed by atoms with E-state index in [1.54, 1.807) is 13.2 Å². The van der Waals surface area contributed by atoms with Gasteiger partial charge in [-0.25, -0.2) is 0 Å². The van der Waals surface area contributed by atoms with Crippen LogP contribution in [0.4, 0.5) is 0 Å². The summed E-state index contributed by atoms with van der Waals surface area (Å²) in [7, 11) is 1.57. The highest BCUT2D eigenvalue weighted by atomic mass is 35.5. The molecule has 1 amide bonds. The normalized spacial score (nSPS) is 15.6. The predicted octanol–water partition coefficient (Wildman–Crippen LogP) is 5.86. The second-order valence-corrected chi connectivity index (χ2v) is 7.69. The summed E-state index contributed by atoms with van der Waals surface area (Å²) in [6, 6.07) is 22.8. The maximum absolute atomic E-state index is 13.2. The first-order valence-electron chi connectivity index (χ1n) is 9.86. The molecule has 0 radical (unpaired) electrons. The van der Waals surface area contributed by atoms with E-state index in [2.05, 4.69) is 6.07 Å². The number of nitrogens with zero attached hydrogens (tertiary/aromatic N) is 2. The summed E-state index contributed by atoms with van der Waals surface area (Å²) < 4.78 is 5.20. The average Bonchev–Trinajstić information content (AvgIpc) is 3.28. The van der Waals surface area contributed by atoms with Crippen molar-refractivity contribution in [2.45, 2.75) is 18.9 Å². The van der Waals surface area contributed by atoms with Crippen LogP contribution in [0, 0.1) is 11.3 Å². The Morgan fingerprint density at radius 3 is 2.60 bits per heavy atom. The molecule has 1 fully saturated rings. The summed E-state index contributed by atoms with van der Waals surface area (Å²) in [6.07, 6.45) is 1.86. The largest absolute Gasteiger partial charge is 0.497 e. The molecular weight excluding hydrogens is 396 g/mol. The van der Waals surface area contributed by atoms with Crippen LogP contribution in [0.5, 0.6) is 5.75 Å². The van der Waals surface area contributed by atoms with Gasteiger partial charge in [-0.3, -0.25) is 4.79 Å². The van der Waals surface area contributed by atoms with Gasteiger partial charge >= 0.3 is 0 Å². The Morgan fingerprint density at radius 1 is 1.13 bits per heavy atom. The van der Waals surface area contributed by atoms with Crippen molar-refractivity contribution in [2.24, 2.45) is 0 Å². The van der Waals surface area contributed by atoms with Crippen molar-refractivity contribution >= 4 is 17.5 Å². The van der Waals surface area contributed by atoms with Gasteiger partial charge in [-0.2, -0.15) is 5.26 Å². The Kier molecular flexibility index (Phi) is 5.74. The molecule has 1 atom stereocenters. The molecule has 0 aromatic heterocycles. The van der Waals surface area contributed by atoms with Gasteiger partial charge in [0.15, 0.2) is 0 Å². The molecule has 1 heterocycles. The lowest BCUT2D eigenvalue weighted by molar-refractivity contribution is 0.0736. The molecule has 1 aliphatic heterocycles. The maximum atomic E-state index is 13.2. The number of hydrogen-bond acceptors (Lipinski definition) is 3. The second-order valence-electron chi connectivity index (χ2n) is 7.28. The van der Waals surface area contributed by atoms with Crippen LogP contribution in [0.3, 0.4) is 0 Å². The van der Waals surface area contributed by atoms with E-state index in [0.29, 0.717) is 28.4 Å². The Balaban J connectivity index is 1.59. The molecule has 5 heteroatoms. The van der Waals surface area contributed by atoms with E-state index in [1.807, 2.05) is 65.6 Å². The van der Waals surface area contributed by atoms with Gasteiger partial charge in [0, 0.05) is 17.1 Å². The Labute approximate surface area is 181 Å². The van der Waals surface area contributed by atoms with E-state index in [4.69, 9.17) is 16.3 Å². The van der Waals surface area contributed by atoms with Gasteiger partial charge in [-0.1, -0.05) is 41.9 Å². The molecule has 4 rings (SSSR count). The molecular formula is C25H21ClN2O2. The van der Waals surface area contributed by atoms with Crippen molar-refractivity contribution in [3.63, 3.8) is 0 Å². The number of methoxy groups -OCH3 is 1. The number of likely N-dealkylation sites (tertiary alicyclic amines) is 1. The van der Waals surface area contributed by atoms with Gasteiger partial charge in [-0.15, -0.1) is 0 Å². The highest BCUT2D eigenvalue weighted by Crippen LogP contribution is 2.37. The number of halogens is 1. The molecule has 150 valence electrons. The van der Waals surface area contributed by atoms with Crippen LogP contribution in [0.25, 0.3) is 11.1 Å². The summed E-state index contributed by atoms with van der Waals surface area (Å²) in [4.78, 5) is 15.1. The molecule has 3 aromatic rings. The van der Waals surface area contributed by atoms with Gasteiger partial charge in [0.05, 0.1) is 24.8 Å². The molecule has 1 saturated heterocycles. The minimum atomic E-state index is -0.00217. The van der Waals surface area contributed by atoms with Crippen LogP contribution in [-0.4, -0.2) is 24.5 Å². The van der Waals surface area contributed by atoms with Crippen LogP contribution >= 0.6 is 11.6 Å². The second kappa shape index (κ2) is 8.61. The van der Waals surface area contributed by atoms with E-state index >= 15 is 0 Å². The number of rotatable bonds is 4. The van der Waals surface area contributed by atoms with Crippen LogP contribution in [0.1, 0.15) is 40.4 Å². The van der Waals surface area contributed by atoms with E-state index < -0.39 is 0 Å². The molecule has 0 unspecified atom stereocenters. The third kappa shape index (κ3) is 3.77. The van der Waals surface area contributed by atoms with Crippen molar-refractivity contribution < 1.29 is 9.53 Å². The van der Waals surface area contributed by atoms with Crippen molar-refractivity contribution in [2.75, 3.05) is 13.7 Å². The van der Waals surface area contributed by atoms with Gasteiger partial charge in [0.2, 0.25) is 0 Å². The van der Waals surface area contributed by atoms with Gasteiger partial charge in [-0.05, 0) is 65.9 Å². The Morgan fingerprint density at radius 2 is 1.90 bits per heavy atom. The summed E-state index contributed by atoms with van der Waals surface area (Å²) in [5.74, 6) is 0.640. The van der Waals surface area contributed by atoms with Gasteiger partial charge in [0.25, 0.3) is 5.91 Å². The quantitative estimate of drug-likeness (QED) is 0.534. The SMILES string of the molecule is COc1ccc(-c2ccc(C(=O)N3CCC[C@@H]3c3ccccc3Cl)cc2)c(C#N)c1. The molecule has 1 aliphatic rings. The first-order chi connectivity index (χ1) is 14.6. The lowest BCUT2D eigenvalue weighted by atomic mass is 9.98. The average molecular weight is 417 g/mol. The number of amides is 1. The smallest absolute Gasteiger partial charge is 0.254 e. The topological polar surface area (TPSA) is 53.3 Å². The van der Waals surface area contributed by atoms with Crippen LogP contribution in [-0.2, 0) is 0 Å². The fraction of sp³-hybridized carbons (Fsp3) is 0.200. The maximum Gasteiger partial charge on any atom is 0.254 e. The van der Waals surface area contributed by atoms with Crippen LogP contribution in [0.15, 0.2) is 66.7 Å². The summed E-state index contributed by atoms with van der Waals surface area (Å²) in [5, 5.41) is 10.2. The van der Waals surface area contributed by atoms with E-state index in [9.17, 15) is 10.1 Å². The number of carbonyl (C=O) groups excluding carboxylic acids is 1. The zero-order valence-electron chi connectivity index (χ0n) is 16.6. The number of hydrogen-bond donors (Lipinski definition) is 0. The highest BCUT2D eigenvalue weighted by Gasteiger charge is 2.31. The van der Waals surface area contributed by atoms with E-state index in [-0.39, 0.29) is 11.9 Å². The highest BCUT2D eigenvalue weighted by molar-refractivity contribution is 6.31. The lowest BCUT2D eigenvalue weighted by Crippen LogP contribution is -2.30. The van der Waals surface area contributed by atoms with Crippen molar-refractivity contribution in [3.8, 4) is 22.9 Å². The molecule has 0 spiro atoms. The standard InChI is InChI=1S/C25H21ClN2O2/c1-30-20-12-13-21(19(15-20)16-27)17-8-10-18(11-9-17)25(29)28-14-4-7-24(28)22-5-2-3-6-23(22)26/h2-3,5-6,8-13,15,24H,4,7,14H2,1H3/t24-/m1/s1. The lowest BCUT2D eigenvalue weighted by Gasteiger charge is -2.26. The minimum Gasteiger partial charge on any atom is -0.497 e. The molecule has 0 N–H and O–H groups in total. The monoisotopic (exact) mass is 416 g/mol. The third-order valence-corrected chi connectivity index (χ3v) is 5.91. The fourth-order valence-electron chi connectivity index (χ4n) is 4.03. The summed E-state index contributed by atoms with van der Waals surface area (Å²) in [6.45, 7) is 0.716. The Hall–Kier alpha value is -3.29. The summed E-state index contributed by atoms with van der Waals surface area (Å²) >= 11 is 6.39. The fourth-order valence-corrected chi connectivity index (χ4v) is 4.29. The van der Waals surface area contributed by atoms with E-state index in [0.717, 1.165) is 29.5 Å². The Bertz CT molecular complexity index is 1120. The molecule has 0 saturated carbocycles. The number of nitriles is 1. The molecule has 0 bridgehead atoms. The van der Waals surface area contributed by atoms with Gasteiger partial charge in [0.1, 0.15) is 5.75 Å². The third-order valence-electron chi connectivity index (χ3n) is 5.57. The van der Waals surface area contributed by atoms with E-state index in [1.165, 1.54) is 0 Å². The zero-order valence-corrected chi connectivity index (χ0v) is 17.4. The molecule has 30 heavy (non-hydrogen) atoms. The number of carbonyl (C=O) groups is 1. The number of benzene rings is 3. The predicted molar refractivity (Wildman–Crippen MR) is 118 cm³/mol. The van der Waals surface area contributed by atoms with Crippen molar-refractivity contribution in [1.29, 1.82) is 5.26 Å². The van der Waals surface area contributed by atoms with Crippen molar-refractivity contribution in [3.05, 3.63) is 88.4 Å².